The second-order valence-corrected chi connectivity index (χ2v) is 5.55. The van der Waals surface area contributed by atoms with Crippen LogP contribution in [-0.4, -0.2) is 34.6 Å². The van der Waals surface area contributed by atoms with E-state index >= 15 is 0 Å². The van der Waals surface area contributed by atoms with Crippen molar-refractivity contribution in [3.05, 3.63) is 11.4 Å². The molecule has 19 heavy (non-hydrogen) atoms. The van der Waals surface area contributed by atoms with E-state index in [-0.39, 0.29) is 5.91 Å². The maximum atomic E-state index is 12.3. The first kappa shape index (κ1) is 13.9. The number of aromatic nitrogens is 2. The highest BCUT2D eigenvalue weighted by Gasteiger charge is 2.24. The van der Waals surface area contributed by atoms with Crippen molar-refractivity contribution in [3.63, 3.8) is 0 Å². The van der Waals surface area contributed by atoms with Gasteiger partial charge in [-0.1, -0.05) is 26.2 Å². The molecule has 0 radical (unpaired) electrons. The van der Waals surface area contributed by atoms with E-state index in [1.807, 2.05) is 7.05 Å². The molecule has 1 fully saturated rings. The van der Waals surface area contributed by atoms with Gasteiger partial charge in [0.15, 0.2) is 5.69 Å². The van der Waals surface area contributed by atoms with Gasteiger partial charge >= 0.3 is 0 Å². The van der Waals surface area contributed by atoms with E-state index in [9.17, 15) is 4.79 Å². The number of anilines is 1. The van der Waals surface area contributed by atoms with Crippen molar-refractivity contribution in [1.29, 1.82) is 0 Å². The highest BCUT2D eigenvalue weighted by molar-refractivity contribution is 5.97. The summed E-state index contributed by atoms with van der Waals surface area (Å²) in [6.07, 6.45) is 6.86. The first-order valence-electron chi connectivity index (χ1n) is 7.21. The van der Waals surface area contributed by atoms with Crippen LogP contribution >= 0.6 is 0 Å². The number of nitrogen functional groups attached to an aromatic ring is 1. The molecule has 5 nitrogen and oxygen atoms in total. The van der Waals surface area contributed by atoms with Crippen molar-refractivity contribution in [1.82, 2.24) is 15.1 Å². The first-order chi connectivity index (χ1) is 9.13. The van der Waals surface area contributed by atoms with Gasteiger partial charge in [0, 0.05) is 13.6 Å². The SMILES string of the molecule is CCCc1[nH]nc(C(=O)N(C)CC2CCCC2)c1N. The number of hydrogen-bond donors (Lipinski definition) is 2. The number of rotatable bonds is 5. The van der Waals surface area contributed by atoms with E-state index in [0.717, 1.165) is 25.1 Å². The number of nitrogens with one attached hydrogen (secondary N) is 1. The summed E-state index contributed by atoms with van der Waals surface area (Å²) in [6, 6.07) is 0. The highest BCUT2D eigenvalue weighted by Crippen LogP contribution is 2.26. The van der Waals surface area contributed by atoms with Crippen molar-refractivity contribution in [3.8, 4) is 0 Å². The summed E-state index contributed by atoms with van der Waals surface area (Å²) in [5, 5.41) is 6.97. The van der Waals surface area contributed by atoms with Gasteiger partial charge in [0.05, 0.1) is 11.4 Å². The van der Waals surface area contributed by atoms with Crippen molar-refractivity contribution in [2.45, 2.75) is 45.4 Å². The molecule has 3 N–H and O–H groups in total. The maximum Gasteiger partial charge on any atom is 0.276 e. The van der Waals surface area contributed by atoms with Crippen molar-refractivity contribution >= 4 is 11.6 Å². The molecule has 106 valence electrons. The Morgan fingerprint density at radius 3 is 2.79 bits per heavy atom. The van der Waals surface area contributed by atoms with Gasteiger partial charge in [-0.15, -0.1) is 0 Å². The zero-order chi connectivity index (χ0) is 13.8. The Bertz CT molecular complexity index is 435. The summed E-state index contributed by atoms with van der Waals surface area (Å²) in [7, 11) is 1.84. The number of hydrogen-bond acceptors (Lipinski definition) is 3. The van der Waals surface area contributed by atoms with Crippen LogP contribution in [0.25, 0.3) is 0 Å². The van der Waals surface area contributed by atoms with E-state index in [0.29, 0.717) is 17.3 Å². The summed E-state index contributed by atoms with van der Waals surface area (Å²) >= 11 is 0. The minimum atomic E-state index is -0.0667. The van der Waals surface area contributed by atoms with E-state index in [1.165, 1.54) is 25.7 Å². The molecule has 1 aliphatic rings. The average Bonchev–Trinajstić information content (AvgIpc) is 3.00. The van der Waals surface area contributed by atoms with Gasteiger partial charge in [0.2, 0.25) is 0 Å². The highest BCUT2D eigenvalue weighted by atomic mass is 16.2. The molecule has 0 aromatic carbocycles. The number of aryl methyl sites for hydroxylation is 1. The largest absolute Gasteiger partial charge is 0.395 e. The molecule has 1 saturated carbocycles. The van der Waals surface area contributed by atoms with Crippen LogP contribution in [0.3, 0.4) is 0 Å². The smallest absolute Gasteiger partial charge is 0.276 e. The van der Waals surface area contributed by atoms with Crippen LogP contribution in [0.4, 0.5) is 5.69 Å². The van der Waals surface area contributed by atoms with E-state index in [1.54, 1.807) is 4.90 Å². The van der Waals surface area contributed by atoms with Crippen LogP contribution in [0.2, 0.25) is 0 Å². The topological polar surface area (TPSA) is 75.0 Å². The van der Waals surface area contributed by atoms with Crippen molar-refractivity contribution < 1.29 is 4.79 Å². The van der Waals surface area contributed by atoms with E-state index < -0.39 is 0 Å². The number of nitrogens with zero attached hydrogens (tertiary/aromatic N) is 2. The fourth-order valence-electron chi connectivity index (χ4n) is 2.83. The first-order valence-corrected chi connectivity index (χ1v) is 7.21. The standard InChI is InChI=1S/C14H24N4O/c1-3-6-11-12(15)13(17-16-11)14(19)18(2)9-10-7-4-5-8-10/h10H,3-9,15H2,1-2H3,(H,16,17). The Labute approximate surface area is 114 Å². The molecule has 0 atom stereocenters. The normalized spacial score (nSPS) is 15.9. The maximum absolute atomic E-state index is 12.3. The van der Waals surface area contributed by atoms with Gasteiger partial charge < -0.3 is 10.6 Å². The Morgan fingerprint density at radius 1 is 1.47 bits per heavy atom. The second-order valence-electron chi connectivity index (χ2n) is 5.55. The molecular weight excluding hydrogens is 240 g/mol. The van der Waals surface area contributed by atoms with Gasteiger partial charge in [-0.2, -0.15) is 5.10 Å². The number of nitrogens with two attached hydrogens (primary N) is 1. The average molecular weight is 264 g/mol. The van der Waals surface area contributed by atoms with E-state index in [2.05, 4.69) is 17.1 Å². The van der Waals surface area contributed by atoms with Crippen molar-refractivity contribution in [2.75, 3.05) is 19.3 Å². The molecule has 1 heterocycles. The molecule has 0 aliphatic heterocycles. The predicted molar refractivity (Wildman–Crippen MR) is 75.9 cm³/mol. The van der Waals surface area contributed by atoms with Crippen molar-refractivity contribution in [2.24, 2.45) is 5.92 Å². The van der Waals surface area contributed by atoms with Crippen LogP contribution in [0.1, 0.15) is 55.2 Å². The summed E-state index contributed by atoms with van der Waals surface area (Å²) in [6.45, 7) is 2.89. The molecule has 0 unspecified atom stereocenters. The number of amides is 1. The molecule has 1 amide bonds. The van der Waals surface area contributed by atoms with Gasteiger partial charge in [-0.05, 0) is 25.2 Å². The molecule has 0 spiro atoms. The predicted octanol–water partition coefficient (Wildman–Crippen LogP) is 2.21. The van der Waals surface area contributed by atoms with E-state index in [4.69, 9.17) is 5.73 Å². The zero-order valence-electron chi connectivity index (χ0n) is 11.9. The third-order valence-electron chi connectivity index (χ3n) is 3.94. The molecule has 1 aromatic rings. The second kappa shape index (κ2) is 6.08. The fraction of sp³-hybridized carbons (Fsp3) is 0.714. The monoisotopic (exact) mass is 264 g/mol. The van der Waals surface area contributed by atoms with Crippen LogP contribution in [-0.2, 0) is 6.42 Å². The van der Waals surface area contributed by atoms with Gasteiger partial charge in [0.25, 0.3) is 5.91 Å². The van der Waals surface area contributed by atoms with Gasteiger partial charge in [-0.3, -0.25) is 9.89 Å². The number of H-pyrrole nitrogens is 1. The fourth-order valence-corrected chi connectivity index (χ4v) is 2.83. The van der Waals surface area contributed by atoms with Crippen LogP contribution in [0.15, 0.2) is 0 Å². The third kappa shape index (κ3) is 3.08. The lowest BCUT2D eigenvalue weighted by molar-refractivity contribution is 0.0768. The van der Waals surface area contributed by atoms with Crippen LogP contribution < -0.4 is 5.73 Å². The number of carbonyl (C=O) groups is 1. The van der Waals surface area contributed by atoms with Crippen LogP contribution in [0.5, 0.6) is 0 Å². The van der Waals surface area contributed by atoms with Gasteiger partial charge in [0.1, 0.15) is 0 Å². The summed E-state index contributed by atoms with van der Waals surface area (Å²) in [5.41, 5.74) is 7.77. The molecule has 1 aromatic heterocycles. The van der Waals surface area contributed by atoms with Gasteiger partial charge in [-0.25, -0.2) is 0 Å². The third-order valence-corrected chi connectivity index (χ3v) is 3.94. The minimum Gasteiger partial charge on any atom is -0.395 e. The Hall–Kier alpha value is -1.52. The summed E-state index contributed by atoms with van der Waals surface area (Å²) in [5.74, 6) is 0.576. The lowest BCUT2D eigenvalue weighted by Gasteiger charge is -2.20. The summed E-state index contributed by atoms with van der Waals surface area (Å²) < 4.78 is 0. The Kier molecular flexibility index (Phi) is 4.45. The quantitative estimate of drug-likeness (QED) is 0.856. The molecule has 2 rings (SSSR count). The summed E-state index contributed by atoms with van der Waals surface area (Å²) in [4.78, 5) is 14.1. The lowest BCUT2D eigenvalue weighted by atomic mass is 10.1. The Balaban J connectivity index is 2.01. The molecule has 0 saturated heterocycles. The molecule has 5 heteroatoms. The molecular formula is C14H24N4O. The lowest BCUT2D eigenvalue weighted by Crippen LogP contribution is -2.31. The van der Waals surface area contributed by atoms with Crippen LogP contribution in [0, 0.1) is 5.92 Å². The number of carbonyl (C=O) groups excluding carboxylic acids is 1. The molecule has 1 aliphatic carbocycles. The number of aromatic amines is 1. The Morgan fingerprint density at radius 2 is 2.16 bits per heavy atom. The zero-order valence-corrected chi connectivity index (χ0v) is 11.9. The minimum absolute atomic E-state index is 0.0667. The molecule has 0 bridgehead atoms.